The van der Waals surface area contributed by atoms with Crippen LogP contribution in [0.15, 0.2) is 36.5 Å². The summed E-state index contributed by atoms with van der Waals surface area (Å²) in [6.45, 7) is 2.05. The highest BCUT2D eigenvalue weighted by atomic mass is 16.5. The number of pyridine rings is 1. The van der Waals surface area contributed by atoms with Gasteiger partial charge in [0, 0.05) is 11.8 Å². The van der Waals surface area contributed by atoms with Gasteiger partial charge in [0.1, 0.15) is 5.65 Å². The molecule has 0 fully saturated rings. The summed E-state index contributed by atoms with van der Waals surface area (Å²) in [7, 11) is 3.25. The Hall–Kier alpha value is -2.49. The number of aryl methyl sites for hydroxylation is 1. The lowest BCUT2D eigenvalue weighted by Gasteiger charge is -2.08. The van der Waals surface area contributed by atoms with Crippen molar-refractivity contribution in [3.63, 3.8) is 0 Å². The van der Waals surface area contributed by atoms with E-state index >= 15 is 0 Å². The normalized spacial score (nSPS) is 10.8. The Labute approximate surface area is 117 Å². The van der Waals surface area contributed by atoms with Crippen molar-refractivity contribution < 1.29 is 9.47 Å². The Morgan fingerprint density at radius 1 is 1.05 bits per heavy atom. The zero-order valence-electron chi connectivity index (χ0n) is 11.7. The molecule has 0 aliphatic carbocycles. The van der Waals surface area contributed by atoms with Crippen LogP contribution in [0.4, 0.5) is 0 Å². The van der Waals surface area contributed by atoms with Crippen LogP contribution in [0.3, 0.4) is 0 Å². The maximum absolute atomic E-state index is 5.32. The summed E-state index contributed by atoms with van der Waals surface area (Å²) in [6, 6.07) is 9.79. The van der Waals surface area contributed by atoms with Crippen molar-refractivity contribution in [2.45, 2.75) is 6.92 Å². The van der Waals surface area contributed by atoms with E-state index in [1.807, 2.05) is 47.9 Å². The van der Waals surface area contributed by atoms with Crippen molar-refractivity contribution in [3.8, 4) is 22.8 Å². The highest BCUT2D eigenvalue weighted by Crippen LogP contribution is 2.31. The minimum atomic E-state index is 0.687. The van der Waals surface area contributed by atoms with E-state index < -0.39 is 0 Å². The molecule has 4 nitrogen and oxygen atoms in total. The van der Waals surface area contributed by atoms with Crippen LogP contribution in [-0.4, -0.2) is 23.6 Å². The summed E-state index contributed by atoms with van der Waals surface area (Å²) in [6.07, 6.45) is 5.20. The van der Waals surface area contributed by atoms with Crippen LogP contribution >= 0.6 is 0 Å². The van der Waals surface area contributed by atoms with Crippen molar-refractivity contribution >= 4 is 5.65 Å². The van der Waals surface area contributed by atoms with Gasteiger partial charge in [-0.15, -0.1) is 0 Å². The molecule has 0 amide bonds. The van der Waals surface area contributed by atoms with Crippen LogP contribution in [0.5, 0.6) is 11.5 Å². The Bertz CT molecular complexity index is 762. The first-order valence-electron chi connectivity index (χ1n) is 6.31. The van der Waals surface area contributed by atoms with Gasteiger partial charge in [-0.2, -0.15) is 0 Å². The van der Waals surface area contributed by atoms with Gasteiger partial charge in [0.15, 0.2) is 11.5 Å². The van der Waals surface area contributed by atoms with Crippen LogP contribution in [0.1, 0.15) is 5.56 Å². The predicted molar refractivity (Wildman–Crippen MR) is 77.3 cm³/mol. The number of hydrogen-bond acceptors (Lipinski definition) is 3. The van der Waals surface area contributed by atoms with E-state index in [1.54, 1.807) is 14.2 Å². The summed E-state index contributed by atoms with van der Waals surface area (Å²) < 4.78 is 12.4. The lowest BCUT2D eigenvalue weighted by Crippen LogP contribution is -1.90. The van der Waals surface area contributed by atoms with E-state index in [4.69, 9.17) is 9.47 Å². The minimum Gasteiger partial charge on any atom is -0.493 e. The first kappa shape index (κ1) is 12.5. The maximum atomic E-state index is 5.32. The highest BCUT2D eigenvalue weighted by Gasteiger charge is 2.09. The van der Waals surface area contributed by atoms with E-state index in [1.165, 1.54) is 5.56 Å². The van der Waals surface area contributed by atoms with E-state index in [2.05, 4.69) is 11.2 Å². The van der Waals surface area contributed by atoms with Crippen LogP contribution in [0, 0.1) is 13.1 Å². The molecule has 3 rings (SSSR count). The zero-order chi connectivity index (χ0) is 14.1. The molecule has 0 aliphatic heterocycles. The van der Waals surface area contributed by atoms with Gasteiger partial charge in [0.25, 0.3) is 0 Å². The van der Waals surface area contributed by atoms with Crippen LogP contribution in [0.2, 0.25) is 0 Å². The number of aromatic nitrogens is 2. The molecule has 101 valence electrons. The van der Waals surface area contributed by atoms with Crippen molar-refractivity contribution in [2.24, 2.45) is 0 Å². The molecule has 1 aromatic carbocycles. The second kappa shape index (κ2) is 4.89. The third kappa shape index (κ3) is 2.09. The van der Waals surface area contributed by atoms with Gasteiger partial charge in [0.2, 0.25) is 0 Å². The van der Waals surface area contributed by atoms with Gasteiger partial charge in [-0.05, 0) is 42.8 Å². The average Bonchev–Trinajstić information content (AvgIpc) is 2.89. The molecule has 0 saturated carbocycles. The predicted octanol–water partition coefficient (Wildman–Crippen LogP) is 3.13. The molecule has 2 aromatic heterocycles. The van der Waals surface area contributed by atoms with Gasteiger partial charge in [-0.3, -0.25) is 4.40 Å². The fourth-order valence-electron chi connectivity index (χ4n) is 2.14. The van der Waals surface area contributed by atoms with Gasteiger partial charge < -0.3 is 9.47 Å². The van der Waals surface area contributed by atoms with E-state index in [0.29, 0.717) is 11.5 Å². The van der Waals surface area contributed by atoms with Crippen LogP contribution in [0.25, 0.3) is 16.9 Å². The SMILES string of the molecule is COc1ccc(-c2[c]n3ccc(C)cc3n2)cc1OC. The summed E-state index contributed by atoms with van der Waals surface area (Å²) in [5.74, 6) is 1.39. The molecule has 0 aliphatic rings. The minimum absolute atomic E-state index is 0.687. The van der Waals surface area contributed by atoms with Crippen molar-refractivity contribution in [3.05, 3.63) is 48.3 Å². The molecule has 0 spiro atoms. The van der Waals surface area contributed by atoms with Gasteiger partial charge in [-0.25, -0.2) is 4.98 Å². The second-order valence-corrected chi connectivity index (χ2v) is 4.57. The fourth-order valence-corrected chi connectivity index (χ4v) is 2.14. The summed E-state index contributed by atoms with van der Waals surface area (Å²) >= 11 is 0. The maximum Gasteiger partial charge on any atom is 0.161 e. The molecule has 2 heterocycles. The third-order valence-electron chi connectivity index (χ3n) is 3.20. The topological polar surface area (TPSA) is 35.8 Å². The third-order valence-corrected chi connectivity index (χ3v) is 3.20. The number of hydrogen-bond donors (Lipinski definition) is 0. The molecule has 0 bridgehead atoms. The summed E-state index contributed by atoms with van der Waals surface area (Å²) in [5, 5.41) is 0. The fraction of sp³-hybridized carbons (Fsp3) is 0.188. The Morgan fingerprint density at radius 3 is 2.60 bits per heavy atom. The Kier molecular flexibility index (Phi) is 3.06. The molecule has 20 heavy (non-hydrogen) atoms. The Balaban J connectivity index is 2.10. The van der Waals surface area contributed by atoms with Crippen LogP contribution < -0.4 is 9.47 Å². The first-order chi connectivity index (χ1) is 9.71. The number of methoxy groups -OCH3 is 2. The molecular weight excluding hydrogens is 252 g/mol. The largest absolute Gasteiger partial charge is 0.493 e. The Morgan fingerprint density at radius 2 is 1.85 bits per heavy atom. The number of benzene rings is 1. The molecule has 1 radical (unpaired) electrons. The highest BCUT2D eigenvalue weighted by molar-refractivity contribution is 5.66. The first-order valence-corrected chi connectivity index (χ1v) is 6.31. The quantitative estimate of drug-likeness (QED) is 0.731. The van der Waals surface area contributed by atoms with Gasteiger partial charge in [-0.1, -0.05) is 0 Å². The van der Waals surface area contributed by atoms with Crippen molar-refractivity contribution in [2.75, 3.05) is 14.2 Å². The smallest absolute Gasteiger partial charge is 0.161 e. The zero-order valence-corrected chi connectivity index (χ0v) is 11.7. The van der Waals surface area contributed by atoms with Crippen molar-refractivity contribution in [1.29, 1.82) is 0 Å². The van der Waals surface area contributed by atoms with E-state index in [0.717, 1.165) is 16.9 Å². The summed E-state index contributed by atoms with van der Waals surface area (Å²) in [4.78, 5) is 4.59. The van der Waals surface area contributed by atoms with Crippen molar-refractivity contribution in [1.82, 2.24) is 9.38 Å². The second-order valence-electron chi connectivity index (χ2n) is 4.57. The van der Waals surface area contributed by atoms with Crippen LogP contribution in [-0.2, 0) is 0 Å². The van der Waals surface area contributed by atoms with E-state index in [9.17, 15) is 0 Å². The average molecular weight is 267 g/mol. The standard InChI is InChI=1S/C16H15N2O2/c1-11-6-7-18-10-13(17-16(18)8-11)12-4-5-14(19-2)15(9-12)20-3/h4-9H,1-3H3. The molecular formula is C16H15N2O2. The number of rotatable bonds is 3. The number of imidazole rings is 1. The molecule has 0 atom stereocenters. The number of nitrogens with zero attached hydrogens (tertiary/aromatic N) is 2. The molecule has 0 N–H and O–H groups in total. The van der Waals surface area contributed by atoms with E-state index in [-0.39, 0.29) is 0 Å². The monoisotopic (exact) mass is 267 g/mol. The molecule has 0 saturated heterocycles. The van der Waals surface area contributed by atoms with Gasteiger partial charge in [0.05, 0.1) is 26.1 Å². The lowest BCUT2D eigenvalue weighted by atomic mass is 10.1. The lowest BCUT2D eigenvalue weighted by molar-refractivity contribution is 0.355. The number of ether oxygens (including phenoxy) is 2. The molecule has 0 unspecified atom stereocenters. The number of fused-ring (bicyclic) bond motifs is 1. The molecule has 4 heteroatoms. The molecule has 3 aromatic rings. The summed E-state index contributed by atoms with van der Waals surface area (Å²) in [5.41, 5.74) is 3.80. The van der Waals surface area contributed by atoms with Gasteiger partial charge >= 0.3 is 0 Å².